The number of piperazine rings is 1. The number of β-amino-alcohol motifs (C(OH)–C–C–N with tert-alkyl or cyclic N) is 1. The van der Waals surface area contributed by atoms with Crippen molar-refractivity contribution in [3.05, 3.63) is 23.8 Å². The van der Waals surface area contributed by atoms with Crippen LogP contribution in [-0.4, -0.2) is 73.2 Å². The first kappa shape index (κ1) is 22.8. The van der Waals surface area contributed by atoms with E-state index < -0.39 is 6.10 Å². The van der Waals surface area contributed by atoms with E-state index in [1.165, 1.54) is 18.4 Å². The predicted octanol–water partition coefficient (Wildman–Crippen LogP) is 3.52. The standard InChI is InChI=1S/C25H40N2O4/c1-25(2,3)20-5-7-22(8-6-20)29-17-21(28)16-27-12-10-26(11-13-27)15-19-4-9-23-24(14-19)31-18-30-23/h4,9,14,20-22,28H,5-8,10-13,15-18H2,1-3H3. The van der Waals surface area contributed by atoms with Crippen molar-refractivity contribution >= 4 is 0 Å². The maximum atomic E-state index is 10.5. The Kier molecular flexibility index (Phi) is 7.42. The van der Waals surface area contributed by atoms with Crippen molar-refractivity contribution in [2.45, 2.75) is 65.2 Å². The largest absolute Gasteiger partial charge is 0.454 e. The molecule has 0 bridgehead atoms. The molecule has 0 aromatic heterocycles. The molecular formula is C25H40N2O4. The van der Waals surface area contributed by atoms with Gasteiger partial charge in [-0.1, -0.05) is 26.8 Å². The van der Waals surface area contributed by atoms with E-state index in [0.717, 1.165) is 63.0 Å². The van der Waals surface area contributed by atoms with Crippen LogP contribution in [0.15, 0.2) is 18.2 Å². The highest BCUT2D eigenvalue weighted by atomic mass is 16.7. The summed E-state index contributed by atoms with van der Waals surface area (Å²) in [5.74, 6) is 2.49. The molecule has 1 aromatic carbocycles. The Morgan fingerprint density at radius 1 is 1.00 bits per heavy atom. The lowest BCUT2D eigenvalue weighted by Crippen LogP contribution is -2.48. The number of hydrogen-bond acceptors (Lipinski definition) is 6. The lowest BCUT2D eigenvalue weighted by Gasteiger charge is -2.37. The molecule has 0 amide bonds. The van der Waals surface area contributed by atoms with Gasteiger partial charge in [0, 0.05) is 39.3 Å². The van der Waals surface area contributed by atoms with Crippen molar-refractivity contribution in [2.24, 2.45) is 11.3 Å². The third-order valence-corrected chi connectivity index (χ3v) is 7.20. The fourth-order valence-corrected chi connectivity index (χ4v) is 5.12. The van der Waals surface area contributed by atoms with Crippen LogP contribution in [0.2, 0.25) is 0 Å². The molecule has 174 valence electrons. The summed E-state index contributed by atoms with van der Waals surface area (Å²) in [5.41, 5.74) is 1.65. The van der Waals surface area contributed by atoms with Crippen LogP contribution < -0.4 is 9.47 Å². The minimum Gasteiger partial charge on any atom is -0.454 e. The number of benzene rings is 1. The van der Waals surface area contributed by atoms with Crippen LogP contribution in [0.3, 0.4) is 0 Å². The smallest absolute Gasteiger partial charge is 0.231 e. The maximum Gasteiger partial charge on any atom is 0.231 e. The summed E-state index contributed by atoms with van der Waals surface area (Å²) in [4.78, 5) is 4.82. The summed E-state index contributed by atoms with van der Waals surface area (Å²) < 4.78 is 17.0. The molecule has 31 heavy (non-hydrogen) atoms. The van der Waals surface area contributed by atoms with Gasteiger partial charge in [0.2, 0.25) is 6.79 Å². The second kappa shape index (κ2) is 10.1. The van der Waals surface area contributed by atoms with Crippen LogP contribution in [0, 0.1) is 11.3 Å². The summed E-state index contributed by atoms with van der Waals surface area (Å²) in [6, 6.07) is 6.21. The van der Waals surface area contributed by atoms with E-state index in [9.17, 15) is 5.11 Å². The van der Waals surface area contributed by atoms with Crippen LogP contribution in [0.4, 0.5) is 0 Å². The van der Waals surface area contributed by atoms with E-state index in [2.05, 4.69) is 42.7 Å². The Morgan fingerprint density at radius 3 is 2.39 bits per heavy atom. The molecule has 2 heterocycles. The zero-order valence-corrected chi connectivity index (χ0v) is 19.5. The van der Waals surface area contributed by atoms with Crippen LogP contribution in [0.5, 0.6) is 11.5 Å². The normalized spacial score (nSPS) is 26.2. The lowest BCUT2D eigenvalue weighted by atomic mass is 9.72. The van der Waals surface area contributed by atoms with Crippen molar-refractivity contribution in [3.8, 4) is 11.5 Å². The number of hydrogen-bond donors (Lipinski definition) is 1. The molecule has 6 heteroatoms. The van der Waals surface area contributed by atoms with Gasteiger partial charge < -0.3 is 19.3 Å². The van der Waals surface area contributed by atoms with Crippen molar-refractivity contribution in [2.75, 3.05) is 46.1 Å². The number of rotatable bonds is 7. The molecule has 2 aliphatic heterocycles. The van der Waals surface area contributed by atoms with Gasteiger partial charge in [0.05, 0.1) is 18.8 Å². The quantitative estimate of drug-likeness (QED) is 0.712. The summed E-state index contributed by atoms with van der Waals surface area (Å²) in [7, 11) is 0. The molecule has 1 saturated heterocycles. The fourth-order valence-electron chi connectivity index (χ4n) is 5.12. The highest BCUT2D eigenvalue weighted by Crippen LogP contribution is 2.38. The van der Waals surface area contributed by atoms with Gasteiger partial charge in [-0.15, -0.1) is 0 Å². The summed E-state index contributed by atoms with van der Waals surface area (Å²) in [6.07, 6.45) is 4.68. The molecular weight excluding hydrogens is 392 g/mol. The van der Waals surface area contributed by atoms with Gasteiger partial charge in [-0.25, -0.2) is 0 Å². The second-order valence-electron chi connectivity index (χ2n) is 10.6. The Morgan fingerprint density at radius 2 is 1.68 bits per heavy atom. The number of aliphatic hydroxyl groups is 1. The van der Waals surface area contributed by atoms with Crippen molar-refractivity contribution in [3.63, 3.8) is 0 Å². The molecule has 1 atom stereocenters. The molecule has 1 unspecified atom stereocenters. The Hall–Kier alpha value is -1.34. The first-order chi connectivity index (χ1) is 14.9. The van der Waals surface area contributed by atoms with Gasteiger partial charge in [0.15, 0.2) is 11.5 Å². The van der Waals surface area contributed by atoms with Gasteiger partial charge in [-0.3, -0.25) is 9.80 Å². The third kappa shape index (κ3) is 6.35. The van der Waals surface area contributed by atoms with Gasteiger partial charge in [-0.05, 0) is 54.7 Å². The molecule has 1 saturated carbocycles. The Labute approximate surface area is 187 Å². The second-order valence-corrected chi connectivity index (χ2v) is 10.6. The SMILES string of the molecule is CC(C)(C)C1CCC(OCC(O)CN2CCN(Cc3ccc4c(c3)OCO4)CC2)CC1. The number of ether oxygens (including phenoxy) is 3. The fraction of sp³-hybridized carbons (Fsp3) is 0.760. The first-order valence-corrected chi connectivity index (χ1v) is 12.0. The topological polar surface area (TPSA) is 54.4 Å². The number of nitrogens with zero attached hydrogens (tertiary/aromatic N) is 2. The summed E-state index contributed by atoms with van der Waals surface area (Å²) in [6.45, 7) is 13.4. The van der Waals surface area contributed by atoms with E-state index in [4.69, 9.17) is 14.2 Å². The minimum absolute atomic E-state index is 0.321. The number of fused-ring (bicyclic) bond motifs is 1. The van der Waals surface area contributed by atoms with Gasteiger partial charge in [-0.2, -0.15) is 0 Å². The third-order valence-electron chi connectivity index (χ3n) is 7.20. The Balaban J connectivity index is 1.12. The molecule has 1 aromatic rings. The molecule has 1 N–H and O–H groups in total. The molecule has 3 aliphatic rings. The molecule has 1 aliphatic carbocycles. The van der Waals surface area contributed by atoms with E-state index in [0.29, 0.717) is 31.5 Å². The van der Waals surface area contributed by atoms with Gasteiger partial charge in [0.25, 0.3) is 0 Å². The number of aliphatic hydroxyl groups excluding tert-OH is 1. The predicted molar refractivity (Wildman–Crippen MR) is 121 cm³/mol. The molecule has 2 fully saturated rings. The van der Waals surface area contributed by atoms with Crippen LogP contribution >= 0.6 is 0 Å². The zero-order chi connectivity index (χ0) is 21.8. The van der Waals surface area contributed by atoms with Crippen LogP contribution in [0.25, 0.3) is 0 Å². The molecule has 4 rings (SSSR count). The van der Waals surface area contributed by atoms with Crippen LogP contribution in [0.1, 0.15) is 52.0 Å². The summed E-state index contributed by atoms with van der Waals surface area (Å²) in [5, 5.41) is 10.5. The lowest BCUT2D eigenvalue weighted by molar-refractivity contribution is -0.0473. The van der Waals surface area contributed by atoms with E-state index in [1.807, 2.05) is 6.07 Å². The molecule has 0 spiro atoms. The summed E-state index contributed by atoms with van der Waals surface area (Å²) >= 11 is 0. The van der Waals surface area contributed by atoms with E-state index in [-0.39, 0.29) is 0 Å². The van der Waals surface area contributed by atoms with Gasteiger partial charge in [0.1, 0.15) is 0 Å². The maximum absolute atomic E-state index is 10.5. The average Bonchev–Trinajstić information content (AvgIpc) is 3.21. The van der Waals surface area contributed by atoms with E-state index in [1.54, 1.807) is 0 Å². The van der Waals surface area contributed by atoms with Gasteiger partial charge >= 0.3 is 0 Å². The highest BCUT2D eigenvalue weighted by molar-refractivity contribution is 5.44. The van der Waals surface area contributed by atoms with Crippen molar-refractivity contribution in [1.29, 1.82) is 0 Å². The zero-order valence-electron chi connectivity index (χ0n) is 19.5. The minimum atomic E-state index is -0.402. The van der Waals surface area contributed by atoms with E-state index >= 15 is 0 Å². The van der Waals surface area contributed by atoms with Crippen molar-refractivity contribution < 1.29 is 19.3 Å². The first-order valence-electron chi connectivity index (χ1n) is 12.0. The van der Waals surface area contributed by atoms with Crippen molar-refractivity contribution in [1.82, 2.24) is 9.80 Å². The molecule has 0 radical (unpaired) electrons. The average molecular weight is 433 g/mol. The Bertz CT molecular complexity index is 704. The highest BCUT2D eigenvalue weighted by Gasteiger charge is 2.30. The van der Waals surface area contributed by atoms with Crippen LogP contribution in [-0.2, 0) is 11.3 Å². The molecule has 6 nitrogen and oxygen atoms in total. The monoisotopic (exact) mass is 432 g/mol.